The SMILES string of the molecule is N#Cc1c(N)ncc(-c2ccccc2)c1-c1ccc(OCC(N)=O)cc1. The lowest BCUT2D eigenvalue weighted by Crippen LogP contribution is -2.19. The minimum absolute atomic E-state index is 0.177. The van der Waals surface area contributed by atoms with Crippen LogP contribution in [-0.4, -0.2) is 17.5 Å². The minimum atomic E-state index is -0.547. The van der Waals surface area contributed by atoms with Gasteiger partial charge in [0, 0.05) is 17.3 Å². The summed E-state index contributed by atoms with van der Waals surface area (Å²) in [6, 6.07) is 18.8. The highest BCUT2D eigenvalue weighted by molar-refractivity contribution is 5.89. The van der Waals surface area contributed by atoms with Crippen LogP contribution in [0.4, 0.5) is 5.82 Å². The monoisotopic (exact) mass is 344 g/mol. The average molecular weight is 344 g/mol. The number of hydrogen-bond donors (Lipinski definition) is 2. The van der Waals surface area contributed by atoms with Gasteiger partial charge in [-0.05, 0) is 23.3 Å². The molecule has 1 amide bonds. The van der Waals surface area contributed by atoms with E-state index in [1.165, 1.54) is 0 Å². The number of pyridine rings is 1. The molecule has 0 aliphatic carbocycles. The maximum atomic E-state index is 10.8. The molecule has 0 spiro atoms. The summed E-state index contributed by atoms with van der Waals surface area (Å²) in [6.45, 7) is -0.194. The maximum Gasteiger partial charge on any atom is 0.255 e. The first-order valence-electron chi connectivity index (χ1n) is 7.85. The van der Waals surface area contributed by atoms with Crippen molar-refractivity contribution < 1.29 is 9.53 Å². The molecule has 0 fully saturated rings. The Morgan fingerprint density at radius 1 is 1.08 bits per heavy atom. The molecule has 0 saturated heterocycles. The highest BCUT2D eigenvalue weighted by atomic mass is 16.5. The van der Waals surface area contributed by atoms with Gasteiger partial charge in [-0.2, -0.15) is 5.26 Å². The molecule has 0 bridgehead atoms. The second kappa shape index (κ2) is 7.36. The van der Waals surface area contributed by atoms with Gasteiger partial charge in [0.1, 0.15) is 23.2 Å². The fourth-order valence-electron chi connectivity index (χ4n) is 2.65. The summed E-state index contributed by atoms with van der Waals surface area (Å²) in [7, 11) is 0. The molecule has 0 unspecified atom stereocenters. The molecule has 26 heavy (non-hydrogen) atoms. The number of anilines is 1. The van der Waals surface area contributed by atoms with Gasteiger partial charge in [0.2, 0.25) is 0 Å². The number of amides is 1. The van der Waals surface area contributed by atoms with Gasteiger partial charge < -0.3 is 16.2 Å². The van der Waals surface area contributed by atoms with E-state index >= 15 is 0 Å². The number of nitrogen functional groups attached to an aromatic ring is 1. The normalized spacial score (nSPS) is 10.1. The zero-order valence-corrected chi connectivity index (χ0v) is 13.8. The molecule has 2 aromatic carbocycles. The summed E-state index contributed by atoms with van der Waals surface area (Å²) in [5, 5.41) is 9.59. The van der Waals surface area contributed by atoms with Gasteiger partial charge in [0.15, 0.2) is 6.61 Å². The number of primary amides is 1. The van der Waals surface area contributed by atoms with E-state index < -0.39 is 5.91 Å². The first-order valence-corrected chi connectivity index (χ1v) is 7.85. The van der Waals surface area contributed by atoms with E-state index in [2.05, 4.69) is 11.1 Å². The van der Waals surface area contributed by atoms with Crippen molar-refractivity contribution in [3.63, 3.8) is 0 Å². The summed E-state index contributed by atoms with van der Waals surface area (Å²) in [4.78, 5) is 15.0. The summed E-state index contributed by atoms with van der Waals surface area (Å²) >= 11 is 0. The molecule has 1 heterocycles. The van der Waals surface area contributed by atoms with Crippen LogP contribution in [0.1, 0.15) is 5.56 Å². The molecule has 4 N–H and O–H groups in total. The van der Waals surface area contributed by atoms with Gasteiger partial charge in [-0.1, -0.05) is 42.5 Å². The molecule has 0 saturated carbocycles. The predicted molar refractivity (Wildman–Crippen MR) is 98.9 cm³/mol. The third-order valence-electron chi connectivity index (χ3n) is 3.83. The minimum Gasteiger partial charge on any atom is -0.484 e. The Bertz CT molecular complexity index is 977. The van der Waals surface area contributed by atoms with Crippen LogP contribution in [0.5, 0.6) is 5.75 Å². The Labute approximate surface area is 150 Å². The van der Waals surface area contributed by atoms with E-state index in [4.69, 9.17) is 16.2 Å². The van der Waals surface area contributed by atoms with E-state index in [0.29, 0.717) is 16.9 Å². The van der Waals surface area contributed by atoms with Crippen molar-refractivity contribution >= 4 is 11.7 Å². The van der Waals surface area contributed by atoms with Crippen molar-refractivity contribution in [2.75, 3.05) is 12.3 Å². The lowest BCUT2D eigenvalue weighted by atomic mass is 9.92. The van der Waals surface area contributed by atoms with E-state index in [9.17, 15) is 10.1 Å². The average Bonchev–Trinajstić information content (AvgIpc) is 2.67. The number of rotatable bonds is 5. The molecule has 6 nitrogen and oxygen atoms in total. The van der Waals surface area contributed by atoms with Crippen molar-refractivity contribution in [3.8, 4) is 34.1 Å². The lowest BCUT2D eigenvalue weighted by Gasteiger charge is -2.14. The molecule has 0 radical (unpaired) electrons. The van der Waals surface area contributed by atoms with Gasteiger partial charge in [-0.15, -0.1) is 0 Å². The number of aromatic nitrogens is 1. The highest BCUT2D eigenvalue weighted by Gasteiger charge is 2.16. The molecule has 0 aliphatic heterocycles. The Balaban J connectivity index is 2.10. The van der Waals surface area contributed by atoms with Crippen molar-refractivity contribution in [1.82, 2.24) is 4.98 Å². The quantitative estimate of drug-likeness (QED) is 0.738. The lowest BCUT2D eigenvalue weighted by molar-refractivity contribution is -0.119. The van der Waals surface area contributed by atoms with Crippen LogP contribution in [-0.2, 0) is 4.79 Å². The van der Waals surface area contributed by atoms with Gasteiger partial charge >= 0.3 is 0 Å². The Morgan fingerprint density at radius 2 is 1.77 bits per heavy atom. The van der Waals surface area contributed by atoms with Crippen LogP contribution in [0.3, 0.4) is 0 Å². The number of ether oxygens (including phenoxy) is 1. The smallest absolute Gasteiger partial charge is 0.255 e. The van der Waals surface area contributed by atoms with E-state index in [0.717, 1.165) is 16.7 Å². The largest absolute Gasteiger partial charge is 0.484 e. The van der Waals surface area contributed by atoms with Crippen molar-refractivity contribution in [1.29, 1.82) is 5.26 Å². The van der Waals surface area contributed by atoms with Gasteiger partial charge in [0.25, 0.3) is 5.91 Å². The summed E-state index contributed by atoms with van der Waals surface area (Å²) in [6.07, 6.45) is 1.67. The summed E-state index contributed by atoms with van der Waals surface area (Å²) in [5.74, 6) is 0.139. The van der Waals surface area contributed by atoms with Gasteiger partial charge in [-0.25, -0.2) is 4.98 Å². The third-order valence-corrected chi connectivity index (χ3v) is 3.83. The Kier molecular flexibility index (Phi) is 4.81. The highest BCUT2D eigenvalue weighted by Crippen LogP contribution is 2.36. The maximum absolute atomic E-state index is 10.8. The number of nitrogens with zero attached hydrogens (tertiary/aromatic N) is 2. The van der Waals surface area contributed by atoms with Crippen LogP contribution in [0.2, 0.25) is 0 Å². The van der Waals surface area contributed by atoms with Crippen LogP contribution < -0.4 is 16.2 Å². The molecule has 3 aromatic rings. The standard InChI is InChI=1S/C20H16N4O2/c21-10-16-19(14-6-8-15(9-7-14)26-12-18(22)25)17(11-24-20(16)23)13-4-2-1-3-5-13/h1-9,11H,12H2,(H2,22,25)(H2,23,24). The first kappa shape index (κ1) is 17.0. The molecule has 128 valence electrons. The fourth-order valence-corrected chi connectivity index (χ4v) is 2.65. The van der Waals surface area contributed by atoms with Crippen molar-refractivity contribution in [2.24, 2.45) is 5.73 Å². The van der Waals surface area contributed by atoms with Crippen LogP contribution >= 0.6 is 0 Å². The van der Waals surface area contributed by atoms with E-state index in [1.54, 1.807) is 30.5 Å². The summed E-state index contributed by atoms with van der Waals surface area (Å²) in [5.41, 5.74) is 14.5. The first-order chi connectivity index (χ1) is 12.6. The second-order valence-electron chi connectivity index (χ2n) is 5.56. The zero-order chi connectivity index (χ0) is 18.5. The van der Waals surface area contributed by atoms with Gasteiger partial charge in [0.05, 0.1) is 0 Å². The topological polar surface area (TPSA) is 115 Å². The molecular formula is C20H16N4O2. The molecule has 0 aliphatic rings. The number of carbonyl (C=O) groups is 1. The number of carbonyl (C=O) groups excluding carboxylic acids is 1. The van der Waals surface area contributed by atoms with E-state index in [1.807, 2.05) is 30.3 Å². The molecule has 3 rings (SSSR count). The Morgan fingerprint density at radius 3 is 2.38 bits per heavy atom. The van der Waals surface area contributed by atoms with Gasteiger partial charge in [-0.3, -0.25) is 4.79 Å². The number of nitriles is 1. The fraction of sp³-hybridized carbons (Fsp3) is 0.0500. The van der Waals surface area contributed by atoms with Crippen molar-refractivity contribution in [3.05, 3.63) is 66.4 Å². The second-order valence-corrected chi connectivity index (χ2v) is 5.56. The molecule has 1 aromatic heterocycles. The Hall–Kier alpha value is -3.85. The van der Waals surface area contributed by atoms with Crippen LogP contribution in [0.25, 0.3) is 22.3 Å². The number of hydrogen-bond acceptors (Lipinski definition) is 5. The van der Waals surface area contributed by atoms with E-state index in [-0.39, 0.29) is 12.4 Å². The predicted octanol–water partition coefficient (Wildman–Crippen LogP) is 2.73. The van der Waals surface area contributed by atoms with Crippen LogP contribution in [0.15, 0.2) is 60.8 Å². The third kappa shape index (κ3) is 3.47. The van der Waals surface area contributed by atoms with Crippen LogP contribution in [0, 0.1) is 11.3 Å². The molecular weight excluding hydrogens is 328 g/mol. The summed E-state index contributed by atoms with van der Waals surface area (Å²) < 4.78 is 5.28. The molecule has 6 heteroatoms. The van der Waals surface area contributed by atoms with Crippen molar-refractivity contribution in [2.45, 2.75) is 0 Å². The number of nitrogens with two attached hydrogens (primary N) is 2. The number of benzene rings is 2. The zero-order valence-electron chi connectivity index (χ0n) is 13.8. The molecule has 0 atom stereocenters.